The van der Waals surface area contributed by atoms with E-state index in [4.69, 9.17) is 4.84 Å². The number of carbonyl (C=O) groups excluding carboxylic acids is 2. The molecule has 1 amide bonds. The lowest BCUT2D eigenvalue weighted by Crippen LogP contribution is -2.37. The first kappa shape index (κ1) is 10.2. The standard InChI is InChI=1S/C9H15NO3/c1-10(13-2)9(12)7-5-3-4-6-8(7)11/h7H,3-6H2,1-2H3. The van der Waals surface area contributed by atoms with Crippen molar-refractivity contribution in [2.75, 3.05) is 14.2 Å². The Balaban J connectivity index is 2.58. The number of carbonyl (C=O) groups is 2. The summed E-state index contributed by atoms with van der Waals surface area (Å²) in [6.07, 6.45) is 3.08. The molecular formula is C9H15NO3. The predicted octanol–water partition coefficient (Wildman–Crippen LogP) is 0.765. The van der Waals surface area contributed by atoms with Gasteiger partial charge in [0.05, 0.1) is 13.0 Å². The summed E-state index contributed by atoms with van der Waals surface area (Å²) in [6, 6.07) is 0. The van der Waals surface area contributed by atoms with Gasteiger partial charge in [0.15, 0.2) is 0 Å². The fourth-order valence-corrected chi connectivity index (χ4v) is 1.55. The fourth-order valence-electron chi connectivity index (χ4n) is 1.55. The van der Waals surface area contributed by atoms with E-state index in [0.29, 0.717) is 12.8 Å². The van der Waals surface area contributed by atoms with Crippen molar-refractivity contribution in [3.63, 3.8) is 0 Å². The third-order valence-corrected chi connectivity index (χ3v) is 2.44. The van der Waals surface area contributed by atoms with Crippen LogP contribution in [0.15, 0.2) is 0 Å². The third kappa shape index (κ3) is 2.28. The lowest BCUT2D eigenvalue weighted by molar-refractivity contribution is -0.175. The van der Waals surface area contributed by atoms with Gasteiger partial charge in [-0.1, -0.05) is 6.42 Å². The maximum Gasteiger partial charge on any atom is 0.256 e. The molecule has 1 atom stereocenters. The van der Waals surface area contributed by atoms with Crippen LogP contribution in [0.25, 0.3) is 0 Å². The van der Waals surface area contributed by atoms with E-state index in [1.54, 1.807) is 0 Å². The Bertz CT molecular complexity index is 215. The van der Waals surface area contributed by atoms with Crippen molar-refractivity contribution in [3.05, 3.63) is 0 Å². The minimum Gasteiger partial charge on any atom is -0.299 e. The molecule has 0 bridgehead atoms. The van der Waals surface area contributed by atoms with E-state index >= 15 is 0 Å². The molecule has 0 aromatic carbocycles. The summed E-state index contributed by atoms with van der Waals surface area (Å²) in [4.78, 5) is 27.6. The van der Waals surface area contributed by atoms with Gasteiger partial charge < -0.3 is 0 Å². The van der Waals surface area contributed by atoms with Crippen LogP contribution in [0.1, 0.15) is 25.7 Å². The van der Waals surface area contributed by atoms with Crippen LogP contribution in [-0.2, 0) is 14.4 Å². The van der Waals surface area contributed by atoms with Crippen molar-refractivity contribution in [3.8, 4) is 0 Å². The molecule has 1 unspecified atom stereocenters. The molecule has 1 fully saturated rings. The van der Waals surface area contributed by atoms with Crippen molar-refractivity contribution < 1.29 is 14.4 Å². The van der Waals surface area contributed by atoms with E-state index in [2.05, 4.69) is 0 Å². The molecule has 0 N–H and O–H groups in total. The highest BCUT2D eigenvalue weighted by Gasteiger charge is 2.31. The molecule has 13 heavy (non-hydrogen) atoms. The van der Waals surface area contributed by atoms with Crippen molar-refractivity contribution in [2.45, 2.75) is 25.7 Å². The molecule has 4 nitrogen and oxygen atoms in total. The summed E-state index contributed by atoms with van der Waals surface area (Å²) in [7, 11) is 2.95. The molecule has 1 saturated carbocycles. The Hall–Kier alpha value is -0.900. The van der Waals surface area contributed by atoms with Crippen LogP contribution in [0.5, 0.6) is 0 Å². The van der Waals surface area contributed by atoms with E-state index in [-0.39, 0.29) is 11.7 Å². The van der Waals surface area contributed by atoms with Crippen LogP contribution in [0, 0.1) is 5.92 Å². The molecule has 74 valence electrons. The summed E-state index contributed by atoms with van der Waals surface area (Å²) in [5.74, 6) is -0.619. The highest BCUT2D eigenvalue weighted by Crippen LogP contribution is 2.22. The first-order valence-corrected chi connectivity index (χ1v) is 4.51. The molecule has 0 radical (unpaired) electrons. The highest BCUT2D eigenvalue weighted by atomic mass is 16.7. The molecule has 0 heterocycles. The number of hydroxylamine groups is 2. The quantitative estimate of drug-likeness (QED) is 0.471. The maximum atomic E-state index is 11.5. The van der Waals surface area contributed by atoms with Crippen LogP contribution in [0.4, 0.5) is 0 Å². The van der Waals surface area contributed by atoms with E-state index in [1.165, 1.54) is 14.2 Å². The molecule has 0 aromatic rings. The van der Waals surface area contributed by atoms with Gasteiger partial charge in [-0.05, 0) is 12.8 Å². The van der Waals surface area contributed by atoms with E-state index in [0.717, 1.165) is 17.9 Å². The summed E-state index contributed by atoms with van der Waals surface area (Å²) < 4.78 is 0. The van der Waals surface area contributed by atoms with Crippen LogP contribution in [0.2, 0.25) is 0 Å². The average molecular weight is 185 g/mol. The van der Waals surface area contributed by atoms with Crippen molar-refractivity contribution in [1.82, 2.24) is 5.06 Å². The Kier molecular flexibility index (Phi) is 3.42. The second kappa shape index (κ2) is 4.37. The van der Waals surface area contributed by atoms with Crippen molar-refractivity contribution in [1.29, 1.82) is 0 Å². The van der Waals surface area contributed by atoms with E-state index in [9.17, 15) is 9.59 Å². The summed E-state index contributed by atoms with van der Waals surface area (Å²) in [5.41, 5.74) is 0. The predicted molar refractivity (Wildman–Crippen MR) is 46.7 cm³/mol. The second-order valence-electron chi connectivity index (χ2n) is 3.28. The molecule has 1 rings (SSSR count). The largest absolute Gasteiger partial charge is 0.299 e. The number of hydrogen-bond donors (Lipinski definition) is 0. The van der Waals surface area contributed by atoms with Crippen molar-refractivity contribution in [2.24, 2.45) is 5.92 Å². The second-order valence-corrected chi connectivity index (χ2v) is 3.28. The summed E-state index contributed by atoms with van der Waals surface area (Å²) >= 11 is 0. The molecule has 1 aliphatic carbocycles. The minimum atomic E-state index is -0.460. The van der Waals surface area contributed by atoms with Gasteiger partial charge >= 0.3 is 0 Å². The number of nitrogens with zero attached hydrogens (tertiary/aromatic N) is 1. The van der Waals surface area contributed by atoms with Gasteiger partial charge in [0.1, 0.15) is 5.78 Å². The Morgan fingerprint density at radius 2 is 2.23 bits per heavy atom. The van der Waals surface area contributed by atoms with E-state index < -0.39 is 5.92 Å². The van der Waals surface area contributed by atoms with Crippen LogP contribution >= 0.6 is 0 Å². The lowest BCUT2D eigenvalue weighted by atomic mass is 9.87. The number of hydrogen-bond acceptors (Lipinski definition) is 3. The molecule has 0 aromatic heterocycles. The van der Waals surface area contributed by atoms with E-state index in [1.807, 2.05) is 0 Å². The Morgan fingerprint density at radius 3 is 2.77 bits per heavy atom. The maximum absolute atomic E-state index is 11.5. The van der Waals surface area contributed by atoms with Crippen LogP contribution in [-0.4, -0.2) is 30.9 Å². The molecule has 0 spiro atoms. The first-order chi connectivity index (χ1) is 6.16. The zero-order valence-corrected chi connectivity index (χ0v) is 8.08. The van der Waals surface area contributed by atoms with Gasteiger partial charge in [-0.3, -0.25) is 14.4 Å². The molecular weight excluding hydrogens is 170 g/mol. The van der Waals surface area contributed by atoms with Crippen LogP contribution < -0.4 is 0 Å². The lowest BCUT2D eigenvalue weighted by Gasteiger charge is -2.23. The Morgan fingerprint density at radius 1 is 1.54 bits per heavy atom. The number of rotatable bonds is 2. The zero-order chi connectivity index (χ0) is 9.84. The smallest absolute Gasteiger partial charge is 0.256 e. The highest BCUT2D eigenvalue weighted by molar-refractivity contribution is 6.01. The fraction of sp³-hybridized carbons (Fsp3) is 0.778. The molecule has 0 aliphatic heterocycles. The third-order valence-electron chi connectivity index (χ3n) is 2.44. The molecule has 4 heteroatoms. The summed E-state index contributed by atoms with van der Waals surface area (Å²) in [5, 5.41) is 1.13. The van der Waals surface area contributed by atoms with Gasteiger partial charge in [-0.15, -0.1) is 0 Å². The molecule has 0 saturated heterocycles. The van der Waals surface area contributed by atoms with Gasteiger partial charge in [-0.2, -0.15) is 0 Å². The van der Waals surface area contributed by atoms with Gasteiger partial charge in [-0.25, -0.2) is 5.06 Å². The van der Waals surface area contributed by atoms with Gasteiger partial charge in [0.25, 0.3) is 5.91 Å². The zero-order valence-electron chi connectivity index (χ0n) is 8.08. The average Bonchev–Trinajstić information content (AvgIpc) is 2.16. The monoisotopic (exact) mass is 185 g/mol. The topological polar surface area (TPSA) is 46.6 Å². The van der Waals surface area contributed by atoms with Gasteiger partial charge in [0, 0.05) is 13.5 Å². The van der Waals surface area contributed by atoms with Crippen molar-refractivity contribution >= 4 is 11.7 Å². The number of amides is 1. The summed E-state index contributed by atoms with van der Waals surface area (Å²) in [6.45, 7) is 0. The SMILES string of the molecule is CON(C)C(=O)C1CCCCC1=O. The minimum absolute atomic E-state index is 0.0557. The number of Topliss-reactive ketones (excluding diaryl/α,β-unsaturated/α-hetero) is 1. The normalized spacial score (nSPS) is 22.9. The molecule has 1 aliphatic rings. The van der Waals surface area contributed by atoms with Gasteiger partial charge in [0.2, 0.25) is 0 Å². The number of ketones is 1. The Labute approximate surface area is 77.8 Å². The van der Waals surface area contributed by atoms with Crippen LogP contribution in [0.3, 0.4) is 0 Å². The first-order valence-electron chi connectivity index (χ1n) is 4.51.